The average molecular weight is 197 g/mol. The van der Waals surface area contributed by atoms with Gasteiger partial charge in [-0.15, -0.1) is 0 Å². The van der Waals surface area contributed by atoms with Gasteiger partial charge in [-0.1, -0.05) is 19.9 Å². The highest BCUT2D eigenvalue weighted by molar-refractivity contribution is 5.79. The van der Waals surface area contributed by atoms with Crippen LogP contribution in [0.1, 0.15) is 20.8 Å². The van der Waals surface area contributed by atoms with Crippen molar-refractivity contribution in [2.24, 2.45) is 11.8 Å². The van der Waals surface area contributed by atoms with Gasteiger partial charge in [-0.25, -0.2) is 4.79 Å². The molecule has 1 saturated heterocycles. The predicted molar refractivity (Wildman–Crippen MR) is 56.1 cm³/mol. The van der Waals surface area contributed by atoms with E-state index in [9.17, 15) is 4.79 Å². The first-order chi connectivity index (χ1) is 6.52. The summed E-state index contributed by atoms with van der Waals surface area (Å²) in [6, 6.07) is 0.559. The van der Waals surface area contributed by atoms with E-state index in [4.69, 9.17) is 5.11 Å². The van der Waals surface area contributed by atoms with Crippen molar-refractivity contribution >= 4 is 5.97 Å². The lowest BCUT2D eigenvalue weighted by molar-refractivity contribution is -0.131. The Kier molecular flexibility index (Phi) is 3.69. The van der Waals surface area contributed by atoms with Crippen LogP contribution in [-0.2, 0) is 4.79 Å². The van der Waals surface area contributed by atoms with Crippen molar-refractivity contribution < 1.29 is 9.90 Å². The lowest BCUT2D eigenvalue weighted by Crippen LogP contribution is -2.29. The Morgan fingerprint density at radius 2 is 2.14 bits per heavy atom. The number of hydrogen-bond donors (Lipinski definition) is 1. The van der Waals surface area contributed by atoms with Crippen molar-refractivity contribution in [3.63, 3.8) is 0 Å². The molecule has 1 heterocycles. The van der Waals surface area contributed by atoms with Crippen molar-refractivity contribution in [1.29, 1.82) is 0 Å². The van der Waals surface area contributed by atoms with E-state index in [-0.39, 0.29) is 0 Å². The molecule has 1 aliphatic rings. The van der Waals surface area contributed by atoms with E-state index in [0.717, 1.165) is 13.1 Å². The summed E-state index contributed by atoms with van der Waals surface area (Å²) >= 11 is 0. The molecule has 0 radical (unpaired) electrons. The summed E-state index contributed by atoms with van der Waals surface area (Å²) < 4.78 is 0. The second-order valence-corrected chi connectivity index (χ2v) is 4.27. The molecular weight excluding hydrogens is 178 g/mol. The molecule has 0 amide bonds. The number of rotatable bonds is 3. The molecule has 3 nitrogen and oxygen atoms in total. The number of likely N-dealkylation sites (tertiary alicyclic amines) is 1. The molecular formula is C11H19NO2. The third-order valence-electron chi connectivity index (χ3n) is 3.36. The summed E-state index contributed by atoms with van der Waals surface area (Å²) in [5.74, 6) is 0.550. The van der Waals surface area contributed by atoms with Crippen LogP contribution in [0.25, 0.3) is 0 Å². The van der Waals surface area contributed by atoms with Crippen LogP contribution in [0.2, 0.25) is 0 Å². The molecule has 0 aromatic carbocycles. The Morgan fingerprint density at radius 3 is 2.57 bits per heavy atom. The minimum absolute atomic E-state index is 0.559. The minimum Gasteiger partial charge on any atom is -0.478 e. The van der Waals surface area contributed by atoms with Crippen molar-refractivity contribution in [1.82, 2.24) is 4.90 Å². The SMILES string of the molecule is CC1CN(C/C=C/C(=O)O)C(C)C1C. The van der Waals surface area contributed by atoms with E-state index in [2.05, 4.69) is 25.7 Å². The van der Waals surface area contributed by atoms with E-state index in [1.807, 2.05) is 0 Å². The van der Waals surface area contributed by atoms with Gasteiger partial charge in [0, 0.05) is 25.2 Å². The summed E-state index contributed by atoms with van der Waals surface area (Å²) in [5, 5.41) is 8.45. The summed E-state index contributed by atoms with van der Waals surface area (Å²) in [5.41, 5.74) is 0. The number of carboxylic acid groups (broad SMARTS) is 1. The molecule has 0 saturated carbocycles. The zero-order valence-corrected chi connectivity index (χ0v) is 9.10. The number of carbonyl (C=O) groups is 1. The summed E-state index contributed by atoms with van der Waals surface area (Å²) in [4.78, 5) is 12.6. The third-order valence-corrected chi connectivity index (χ3v) is 3.36. The van der Waals surface area contributed by atoms with E-state index < -0.39 is 5.97 Å². The molecule has 3 heteroatoms. The molecule has 1 aliphatic heterocycles. The minimum atomic E-state index is -0.863. The van der Waals surface area contributed by atoms with Gasteiger partial charge in [0.25, 0.3) is 0 Å². The molecule has 0 bridgehead atoms. The Balaban J connectivity index is 2.43. The third kappa shape index (κ3) is 2.58. The van der Waals surface area contributed by atoms with Gasteiger partial charge in [0.1, 0.15) is 0 Å². The molecule has 1 rings (SSSR count). The maximum absolute atomic E-state index is 10.3. The molecule has 1 N–H and O–H groups in total. The van der Waals surface area contributed by atoms with Gasteiger partial charge in [0.15, 0.2) is 0 Å². The first-order valence-electron chi connectivity index (χ1n) is 5.16. The zero-order chi connectivity index (χ0) is 10.7. The van der Waals surface area contributed by atoms with Gasteiger partial charge in [-0.3, -0.25) is 4.90 Å². The number of aliphatic carboxylic acids is 1. The fraction of sp³-hybridized carbons (Fsp3) is 0.727. The molecule has 3 atom stereocenters. The fourth-order valence-corrected chi connectivity index (χ4v) is 2.04. The van der Waals surface area contributed by atoms with Crippen LogP contribution in [0.15, 0.2) is 12.2 Å². The largest absolute Gasteiger partial charge is 0.478 e. The first-order valence-corrected chi connectivity index (χ1v) is 5.16. The lowest BCUT2D eigenvalue weighted by Gasteiger charge is -2.20. The maximum Gasteiger partial charge on any atom is 0.328 e. The van der Waals surface area contributed by atoms with Gasteiger partial charge >= 0.3 is 5.97 Å². The average Bonchev–Trinajstić information content (AvgIpc) is 2.33. The normalized spacial score (nSPS) is 34.1. The van der Waals surface area contributed by atoms with Gasteiger partial charge in [0.2, 0.25) is 0 Å². The molecule has 3 unspecified atom stereocenters. The Hall–Kier alpha value is -0.830. The van der Waals surface area contributed by atoms with Crippen LogP contribution in [0.5, 0.6) is 0 Å². The number of nitrogens with zero attached hydrogens (tertiary/aromatic N) is 1. The highest BCUT2D eigenvalue weighted by Gasteiger charge is 2.32. The number of hydrogen-bond acceptors (Lipinski definition) is 2. The summed E-state index contributed by atoms with van der Waals surface area (Å²) in [6.45, 7) is 8.55. The van der Waals surface area contributed by atoms with Crippen LogP contribution >= 0.6 is 0 Å². The maximum atomic E-state index is 10.3. The van der Waals surface area contributed by atoms with Crippen LogP contribution in [-0.4, -0.2) is 35.1 Å². The van der Waals surface area contributed by atoms with Crippen molar-refractivity contribution in [3.05, 3.63) is 12.2 Å². The van der Waals surface area contributed by atoms with E-state index in [0.29, 0.717) is 17.9 Å². The van der Waals surface area contributed by atoms with E-state index >= 15 is 0 Å². The van der Waals surface area contributed by atoms with Crippen molar-refractivity contribution in [2.75, 3.05) is 13.1 Å². The van der Waals surface area contributed by atoms with Gasteiger partial charge in [-0.05, 0) is 18.8 Å². The van der Waals surface area contributed by atoms with Gasteiger partial charge < -0.3 is 5.11 Å². The standard InChI is InChI=1S/C11H19NO2/c1-8-7-12(10(3)9(8)2)6-4-5-11(13)14/h4-5,8-10H,6-7H2,1-3H3,(H,13,14)/b5-4+. The van der Waals surface area contributed by atoms with Crippen LogP contribution < -0.4 is 0 Å². The Morgan fingerprint density at radius 1 is 1.50 bits per heavy atom. The quantitative estimate of drug-likeness (QED) is 0.699. The molecule has 0 aromatic rings. The molecule has 0 aliphatic carbocycles. The van der Waals surface area contributed by atoms with Crippen LogP contribution in [0.4, 0.5) is 0 Å². The lowest BCUT2D eigenvalue weighted by atomic mass is 9.95. The van der Waals surface area contributed by atoms with E-state index in [1.165, 1.54) is 6.08 Å². The Labute approximate surface area is 85.4 Å². The molecule has 80 valence electrons. The topological polar surface area (TPSA) is 40.5 Å². The first kappa shape index (κ1) is 11.2. The van der Waals surface area contributed by atoms with Crippen molar-refractivity contribution in [2.45, 2.75) is 26.8 Å². The van der Waals surface area contributed by atoms with Gasteiger partial charge in [-0.2, -0.15) is 0 Å². The molecule has 0 spiro atoms. The number of carboxylic acids is 1. The zero-order valence-electron chi connectivity index (χ0n) is 9.10. The second kappa shape index (κ2) is 4.60. The smallest absolute Gasteiger partial charge is 0.328 e. The Bertz CT molecular complexity index is 237. The monoisotopic (exact) mass is 197 g/mol. The van der Waals surface area contributed by atoms with E-state index in [1.54, 1.807) is 6.08 Å². The van der Waals surface area contributed by atoms with Crippen LogP contribution in [0.3, 0.4) is 0 Å². The molecule has 14 heavy (non-hydrogen) atoms. The van der Waals surface area contributed by atoms with Gasteiger partial charge in [0.05, 0.1) is 0 Å². The predicted octanol–water partition coefficient (Wildman–Crippen LogP) is 1.60. The fourth-order valence-electron chi connectivity index (χ4n) is 2.04. The molecule has 0 aromatic heterocycles. The second-order valence-electron chi connectivity index (χ2n) is 4.27. The molecule has 1 fully saturated rings. The van der Waals surface area contributed by atoms with Crippen LogP contribution in [0, 0.1) is 11.8 Å². The highest BCUT2D eigenvalue weighted by Crippen LogP contribution is 2.28. The van der Waals surface area contributed by atoms with Crippen molar-refractivity contribution in [3.8, 4) is 0 Å². The summed E-state index contributed by atoms with van der Waals surface area (Å²) in [6.07, 6.45) is 2.95. The highest BCUT2D eigenvalue weighted by atomic mass is 16.4. The summed E-state index contributed by atoms with van der Waals surface area (Å²) in [7, 11) is 0.